The van der Waals surface area contributed by atoms with E-state index < -0.39 is 0 Å². The van der Waals surface area contributed by atoms with E-state index in [-0.39, 0.29) is 11.6 Å². The average Bonchev–Trinajstić information content (AvgIpc) is 2.68. The highest BCUT2D eigenvalue weighted by Gasteiger charge is 2.20. The Kier molecular flexibility index (Phi) is 10.5. The zero-order valence-corrected chi connectivity index (χ0v) is 19.2. The van der Waals surface area contributed by atoms with E-state index in [4.69, 9.17) is 10.5 Å². The Hall–Kier alpha value is -2.26. The third-order valence-corrected chi connectivity index (χ3v) is 4.66. The van der Waals surface area contributed by atoms with E-state index in [1.54, 1.807) is 0 Å². The first kappa shape index (κ1) is 24.8. The fraction of sp³-hybridized carbons (Fsp3) is 0.462. The van der Waals surface area contributed by atoms with Crippen LogP contribution in [-0.2, 0) is 17.6 Å². The normalized spacial score (nSPS) is 12.9. The highest BCUT2D eigenvalue weighted by atomic mass is 16.5. The monoisotopic (exact) mass is 396 g/mol. The van der Waals surface area contributed by atoms with E-state index in [9.17, 15) is 0 Å². The quantitative estimate of drug-likeness (QED) is 0.569. The van der Waals surface area contributed by atoms with Gasteiger partial charge in [-0.15, -0.1) is 0 Å². The molecule has 0 fully saturated rings. The Morgan fingerprint density at radius 1 is 1.03 bits per heavy atom. The molecule has 3 nitrogen and oxygen atoms in total. The maximum atomic E-state index is 5.84. The number of benzene rings is 2. The molecule has 0 heterocycles. The first-order valence-corrected chi connectivity index (χ1v) is 10.6. The van der Waals surface area contributed by atoms with Gasteiger partial charge in [-0.1, -0.05) is 74.0 Å². The smallest absolute Gasteiger partial charge is 0.180 e. The van der Waals surface area contributed by atoms with Crippen LogP contribution < -0.4 is 11.1 Å². The molecule has 0 aliphatic heterocycles. The summed E-state index contributed by atoms with van der Waals surface area (Å²) >= 11 is 0. The van der Waals surface area contributed by atoms with Gasteiger partial charge in [-0.05, 0) is 70.7 Å². The van der Waals surface area contributed by atoms with Crippen LogP contribution in [0.15, 0.2) is 67.1 Å². The topological polar surface area (TPSA) is 47.3 Å². The highest BCUT2D eigenvalue weighted by Crippen LogP contribution is 2.15. The Morgan fingerprint density at radius 2 is 1.62 bits per heavy atom. The molecule has 0 radical (unpaired) electrons. The first-order chi connectivity index (χ1) is 13.6. The Morgan fingerprint density at radius 3 is 2.07 bits per heavy atom. The number of aryl methyl sites for hydroxylation is 2. The molecular formula is C26H40N2O. The van der Waals surface area contributed by atoms with Gasteiger partial charge in [-0.3, -0.25) is 0 Å². The van der Waals surface area contributed by atoms with Crippen molar-refractivity contribution in [1.82, 2.24) is 5.32 Å². The fourth-order valence-corrected chi connectivity index (χ4v) is 2.86. The first-order valence-electron chi connectivity index (χ1n) is 10.6. The molecular weight excluding hydrogens is 356 g/mol. The molecule has 0 aliphatic carbocycles. The average molecular weight is 397 g/mol. The Bertz CT molecular complexity index is 702. The minimum Gasteiger partial charge on any atom is -0.474 e. The second-order valence-corrected chi connectivity index (χ2v) is 8.63. The standard InChI is InChI=1S/C18H30N2O.C8H10/c1-13-7-9-16(10-8-13)11-17(14(2)12-19)20-15(3)21-18(4,5)6;1-2-8-6-4-3-5-7-8/h7-10,14,17,20H,3,11-12,19H2,1-2,4-6H3;3-7H,2H2,1H3. The van der Waals surface area contributed by atoms with Crippen LogP contribution in [0, 0.1) is 12.8 Å². The van der Waals surface area contributed by atoms with Crippen LogP contribution in [0.1, 0.15) is 51.3 Å². The minimum absolute atomic E-state index is 0.215. The predicted octanol–water partition coefficient (Wildman–Crippen LogP) is 5.63. The molecule has 2 unspecified atom stereocenters. The number of hydrogen-bond acceptors (Lipinski definition) is 3. The van der Waals surface area contributed by atoms with Crippen molar-refractivity contribution in [1.29, 1.82) is 0 Å². The van der Waals surface area contributed by atoms with Crippen molar-refractivity contribution in [2.45, 2.75) is 66.0 Å². The summed E-state index contributed by atoms with van der Waals surface area (Å²) in [5.74, 6) is 0.950. The van der Waals surface area contributed by atoms with E-state index in [1.165, 1.54) is 16.7 Å². The van der Waals surface area contributed by atoms with E-state index in [0.717, 1.165) is 12.8 Å². The van der Waals surface area contributed by atoms with Crippen LogP contribution >= 0.6 is 0 Å². The molecule has 2 rings (SSSR count). The van der Waals surface area contributed by atoms with E-state index in [2.05, 4.69) is 81.2 Å². The van der Waals surface area contributed by atoms with Gasteiger partial charge in [0.15, 0.2) is 5.88 Å². The highest BCUT2D eigenvalue weighted by molar-refractivity contribution is 5.22. The van der Waals surface area contributed by atoms with E-state index >= 15 is 0 Å². The van der Waals surface area contributed by atoms with Gasteiger partial charge >= 0.3 is 0 Å². The lowest BCUT2D eigenvalue weighted by Gasteiger charge is -2.30. The van der Waals surface area contributed by atoms with Crippen LogP contribution in [0.2, 0.25) is 0 Å². The van der Waals surface area contributed by atoms with Crippen molar-refractivity contribution in [2.75, 3.05) is 6.54 Å². The van der Waals surface area contributed by atoms with Gasteiger partial charge in [0.2, 0.25) is 0 Å². The second-order valence-electron chi connectivity index (χ2n) is 8.63. The zero-order valence-electron chi connectivity index (χ0n) is 19.2. The summed E-state index contributed by atoms with van der Waals surface area (Å²) in [4.78, 5) is 0. The molecule has 3 N–H and O–H groups in total. The van der Waals surface area contributed by atoms with Crippen LogP contribution in [0.3, 0.4) is 0 Å². The Labute approximate surface area is 178 Å². The lowest BCUT2D eigenvalue weighted by molar-refractivity contribution is 0.0364. The SMILES string of the molecule is C=C(NC(Cc1ccc(C)cc1)C(C)CN)OC(C)(C)C.CCc1ccccc1. The number of hydrogen-bond donors (Lipinski definition) is 2. The van der Waals surface area contributed by atoms with Gasteiger partial charge in [0.1, 0.15) is 5.60 Å². The largest absolute Gasteiger partial charge is 0.474 e. The van der Waals surface area contributed by atoms with E-state index in [1.807, 2.05) is 26.8 Å². The zero-order chi connectivity index (χ0) is 21.9. The summed E-state index contributed by atoms with van der Waals surface area (Å²) in [7, 11) is 0. The van der Waals surface area contributed by atoms with Crippen LogP contribution in [0.4, 0.5) is 0 Å². The summed E-state index contributed by atoms with van der Waals surface area (Å²) in [6.07, 6.45) is 2.05. The Balaban J connectivity index is 0.000000436. The molecule has 0 aliphatic rings. The predicted molar refractivity (Wildman–Crippen MR) is 126 cm³/mol. The van der Waals surface area contributed by atoms with Gasteiger partial charge in [0.25, 0.3) is 0 Å². The molecule has 2 atom stereocenters. The minimum atomic E-state index is -0.246. The van der Waals surface area contributed by atoms with Gasteiger partial charge < -0.3 is 15.8 Å². The third-order valence-electron chi connectivity index (χ3n) is 4.66. The van der Waals surface area contributed by atoms with Crippen molar-refractivity contribution in [3.8, 4) is 0 Å². The van der Waals surface area contributed by atoms with Gasteiger partial charge in [-0.25, -0.2) is 0 Å². The second kappa shape index (κ2) is 12.3. The number of nitrogens with one attached hydrogen (secondary N) is 1. The molecule has 0 amide bonds. The molecule has 2 aromatic rings. The summed E-state index contributed by atoms with van der Waals surface area (Å²) < 4.78 is 5.77. The van der Waals surface area contributed by atoms with Crippen molar-refractivity contribution in [3.05, 3.63) is 83.7 Å². The van der Waals surface area contributed by atoms with E-state index in [0.29, 0.717) is 18.3 Å². The molecule has 0 aromatic heterocycles. The number of nitrogens with two attached hydrogens (primary N) is 1. The summed E-state index contributed by atoms with van der Waals surface area (Å²) in [6, 6.07) is 19.3. The lowest BCUT2D eigenvalue weighted by Crippen LogP contribution is -2.41. The number of rotatable bonds is 8. The van der Waals surface area contributed by atoms with Crippen molar-refractivity contribution < 1.29 is 4.74 Å². The van der Waals surface area contributed by atoms with Crippen LogP contribution in [-0.4, -0.2) is 18.2 Å². The summed E-state index contributed by atoms with van der Waals surface area (Å²) in [5.41, 5.74) is 9.57. The molecule has 0 spiro atoms. The van der Waals surface area contributed by atoms with Gasteiger partial charge in [0, 0.05) is 6.04 Å². The number of ether oxygens (including phenoxy) is 1. The summed E-state index contributed by atoms with van der Waals surface area (Å²) in [6.45, 7) is 17.1. The van der Waals surface area contributed by atoms with Crippen LogP contribution in [0.25, 0.3) is 0 Å². The molecule has 0 saturated carbocycles. The molecule has 3 heteroatoms. The molecule has 2 aromatic carbocycles. The molecule has 29 heavy (non-hydrogen) atoms. The van der Waals surface area contributed by atoms with Crippen molar-refractivity contribution in [2.24, 2.45) is 11.7 Å². The maximum absolute atomic E-state index is 5.84. The van der Waals surface area contributed by atoms with Crippen molar-refractivity contribution >= 4 is 0 Å². The van der Waals surface area contributed by atoms with Crippen LogP contribution in [0.5, 0.6) is 0 Å². The van der Waals surface area contributed by atoms with Gasteiger partial charge in [0.05, 0.1) is 0 Å². The van der Waals surface area contributed by atoms with Crippen molar-refractivity contribution in [3.63, 3.8) is 0 Å². The van der Waals surface area contributed by atoms with Gasteiger partial charge in [-0.2, -0.15) is 0 Å². The summed E-state index contributed by atoms with van der Waals surface area (Å²) in [5, 5.41) is 3.39. The fourth-order valence-electron chi connectivity index (χ4n) is 2.86. The lowest BCUT2D eigenvalue weighted by atomic mass is 9.94. The third kappa shape index (κ3) is 10.7. The molecule has 0 saturated heterocycles. The maximum Gasteiger partial charge on any atom is 0.180 e. The molecule has 160 valence electrons. The molecule has 0 bridgehead atoms.